The first-order valence-electron chi connectivity index (χ1n) is 6.75. The van der Waals surface area contributed by atoms with Gasteiger partial charge in [0.25, 0.3) is 0 Å². The van der Waals surface area contributed by atoms with Gasteiger partial charge in [0.1, 0.15) is 0 Å². The van der Waals surface area contributed by atoms with Gasteiger partial charge < -0.3 is 14.6 Å². The summed E-state index contributed by atoms with van der Waals surface area (Å²) in [7, 11) is 2.17. The molecule has 0 saturated carbocycles. The quantitative estimate of drug-likeness (QED) is 0.883. The molecule has 0 aliphatic carbocycles. The Hall–Kier alpha value is -1.29. The molecule has 0 spiro atoms. The normalized spacial score (nSPS) is 20.4. The zero-order valence-corrected chi connectivity index (χ0v) is 11.2. The van der Waals surface area contributed by atoms with Crippen LogP contribution in [0.15, 0.2) is 17.1 Å². The average molecular weight is 250 g/mol. The Morgan fingerprint density at radius 2 is 2.28 bits per heavy atom. The molecule has 1 unspecified atom stereocenters. The van der Waals surface area contributed by atoms with Crippen LogP contribution in [0.5, 0.6) is 5.75 Å². The van der Waals surface area contributed by atoms with E-state index in [2.05, 4.69) is 11.9 Å². The molecule has 1 aliphatic heterocycles. The molecule has 1 atom stereocenters. The summed E-state index contributed by atoms with van der Waals surface area (Å²) in [5, 5.41) is 9.78. The highest BCUT2D eigenvalue weighted by Crippen LogP contribution is 2.20. The molecule has 0 amide bonds. The van der Waals surface area contributed by atoms with Crippen molar-refractivity contribution in [2.45, 2.75) is 45.2 Å². The highest BCUT2D eigenvalue weighted by Gasteiger charge is 2.20. The molecule has 1 fully saturated rings. The number of pyridine rings is 1. The van der Waals surface area contributed by atoms with Crippen molar-refractivity contribution in [2.75, 3.05) is 13.6 Å². The van der Waals surface area contributed by atoms with Crippen LogP contribution in [0, 0.1) is 0 Å². The van der Waals surface area contributed by atoms with Gasteiger partial charge in [0.05, 0.1) is 5.69 Å². The predicted molar refractivity (Wildman–Crippen MR) is 72.0 cm³/mol. The largest absolute Gasteiger partial charge is 0.503 e. The van der Waals surface area contributed by atoms with Gasteiger partial charge >= 0.3 is 0 Å². The van der Waals surface area contributed by atoms with Crippen LogP contribution in [0.1, 0.15) is 31.9 Å². The molecule has 2 heterocycles. The Bertz CT molecular complexity index is 467. The van der Waals surface area contributed by atoms with Crippen LogP contribution in [-0.4, -0.2) is 34.2 Å². The van der Waals surface area contributed by atoms with Crippen LogP contribution in [0.25, 0.3) is 0 Å². The Morgan fingerprint density at radius 1 is 1.50 bits per heavy atom. The molecule has 2 rings (SSSR count). The van der Waals surface area contributed by atoms with E-state index in [1.807, 2.05) is 11.5 Å². The summed E-state index contributed by atoms with van der Waals surface area (Å²) in [6.45, 7) is 4.01. The molecule has 1 N–H and O–H groups in total. The summed E-state index contributed by atoms with van der Waals surface area (Å²) >= 11 is 0. The zero-order chi connectivity index (χ0) is 13.1. The van der Waals surface area contributed by atoms with E-state index in [4.69, 9.17) is 0 Å². The SMILES string of the molecule is CCc1c(O)c(=O)ccn1CCC1CCCN1C. The van der Waals surface area contributed by atoms with Gasteiger partial charge in [-0.1, -0.05) is 6.92 Å². The maximum Gasteiger partial charge on any atom is 0.223 e. The van der Waals surface area contributed by atoms with E-state index >= 15 is 0 Å². The Kier molecular flexibility index (Phi) is 4.07. The van der Waals surface area contributed by atoms with Crippen molar-refractivity contribution in [1.82, 2.24) is 9.47 Å². The molecule has 100 valence electrons. The van der Waals surface area contributed by atoms with Crippen molar-refractivity contribution >= 4 is 0 Å². The fraction of sp³-hybridized carbons (Fsp3) is 0.643. The van der Waals surface area contributed by atoms with Gasteiger partial charge in [-0.2, -0.15) is 0 Å². The highest BCUT2D eigenvalue weighted by molar-refractivity contribution is 5.26. The van der Waals surface area contributed by atoms with Crippen molar-refractivity contribution in [1.29, 1.82) is 0 Å². The second-order valence-corrected chi connectivity index (χ2v) is 5.09. The van der Waals surface area contributed by atoms with Gasteiger partial charge in [-0.3, -0.25) is 4.79 Å². The molecule has 1 aromatic rings. The summed E-state index contributed by atoms with van der Waals surface area (Å²) in [5.41, 5.74) is 0.476. The third kappa shape index (κ3) is 2.58. The van der Waals surface area contributed by atoms with E-state index in [1.54, 1.807) is 6.20 Å². The minimum atomic E-state index is -0.277. The molecule has 4 nitrogen and oxygen atoms in total. The van der Waals surface area contributed by atoms with Crippen molar-refractivity contribution in [3.63, 3.8) is 0 Å². The fourth-order valence-corrected chi connectivity index (χ4v) is 2.82. The van der Waals surface area contributed by atoms with Crippen molar-refractivity contribution < 1.29 is 5.11 Å². The third-order valence-corrected chi connectivity index (χ3v) is 3.97. The van der Waals surface area contributed by atoms with E-state index in [-0.39, 0.29) is 11.2 Å². The van der Waals surface area contributed by atoms with Crippen LogP contribution in [-0.2, 0) is 13.0 Å². The molecule has 1 aromatic heterocycles. The second kappa shape index (κ2) is 5.57. The van der Waals surface area contributed by atoms with Gasteiger partial charge in [0, 0.05) is 24.8 Å². The lowest BCUT2D eigenvalue weighted by Crippen LogP contribution is -2.26. The lowest BCUT2D eigenvalue weighted by atomic mass is 10.1. The molecule has 0 radical (unpaired) electrons. The third-order valence-electron chi connectivity index (χ3n) is 3.97. The van der Waals surface area contributed by atoms with Crippen LogP contribution in [0.3, 0.4) is 0 Å². The Balaban J connectivity index is 2.09. The molecule has 0 aromatic carbocycles. The monoisotopic (exact) mass is 250 g/mol. The molecule has 4 heteroatoms. The molecule has 18 heavy (non-hydrogen) atoms. The second-order valence-electron chi connectivity index (χ2n) is 5.09. The summed E-state index contributed by atoms with van der Waals surface area (Å²) in [6, 6.07) is 2.09. The van der Waals surface area contributed by atoms with Crippen LogP contribution >= 0.6 is 0 Å². The average Bonchev–Trinajstić information content (AvgIpc) is 2.76. The van der Waals surface area contributed by atoms with Crippen molar-refractivity contribution in [3.8, 4) is 5.75 Å². The van der Waals surface area contributed by atoms with Crippen molar-refractivity contribution in [3.05, 3.63) is 28.2 Å². The number of aromatic hydroxyl groups is 1. The molecular formula is C14H22N2O2. The summed E-state index contributed by atoms with van der Waals surface area (Å²) in [5.74, 6) is -0.0835. The minimum Gasteiger partial charge on any atom is -0.503 e. The number of hydrogen-bond acceptors (Lipinski definition) is 3. The first-order valence-corrected chi connectivity index (χ1v) is 6.75. The van der Waals surface area contributed by atoms with E-state index in [9.17, 15) is 9.90 Å². The first-order chi connectivity index (χ1) is 8.63. The van der Waals surface area contributed by atoms with Crippen LogP contribution < -0.4 is 5.43 Å². The predicted octanol–water partition coefficient (Wildman–Crippen LogP) is 1.60. The van der Waals surface area contributed by atoms with Crippen LogP contribution in [0.4, 0.5) is 0 Å². The maximum atomic E-state index is 11.4. The smallest absolute Gasteiger partial charge is 0.223 e. The molecular weight excluding hydrogens is 228 g/mol. The molecule has 1 aliphatic rings. The summed E-state index contributed by atoms with van der Waals surface area (Å²) < 4.78 is 2.02. The van der Waals surface area contributed by atoms with E-state index in [1.165, 1.54) is 25.5 Å². The number of hydrogen-bond donors (Lipinski definition) is 1. The van der Waals surface area contributed by atoms with E-state index < -0.39 is 0 Å². The highest BCUT2D eigenvalue weighted by atomic mass is 16.3. The van der Waals surface area contributed by atoms with Gasteiger partial charge in [0.2, 0.25) is 5.43 Å². The standard InChI is InChI=1S/C14H22N2O2/c1-3-12-14(18)13(17)7-10-16(12)9-6-11-5-4-8-15(11)2/h7,10-11,18H,3-6,8-9H2,1-2H3. The number of likely N-dealkylation sites (tertiary alicyclic amines) is 1. The van der Waals surface area contributed by atoms with Crippen LogP contribution in [0.2, 0.25) is 0 Å². The molecule has 1 saturated heterocycles. The lowest BCUT2D eigenvalue weighted by Gasteiger charge is -2.21. The zero-order valence-electron chi connectivity index (χ0n) is 11.2. The van der Waals surface area contributed by atoms with Gasteiger partial charge in [-0.05, 0) is 39.3 Å². The van der Waals surface area contributed by atoms with E-state index in [0.717, 1.165) is 18.7 Å². The number of nitrogens with zero attached hydrogens (tertiary/aromatic N) is 2. The minimum absolute atomic E-state index is 0.0835. The lowest BCUT2D eigenvalue weighted by molar-refractivity contribution is 0.284. The number of aryl methyl sites for hydroxylation is 1. The number of rotatable bonds is 4. The fourth-order valence-electron chi connectivity index (χ4n) is 2.82. The van der Waals surface area contributed by atoms with Gasteiger partial charge in [-0.15, -0.1) is 0 Å². The first kappa shape index (κ1) is 13.1. The molecule has 0 bridgehead atoms. The Morgan fingerprint density at radius 3 is 2.89 bits per heavy atom. The summed E-state index contributed by atoms with van der Waals surface area (Å²) in [6.07, 6.45) is 6.09. The topological polar surface area (TPSA) is 45.5 Å². The van der Waals surface area contributed by atoms with Gasteiger partial charge in [0.15, 0.2) is 5.75 Å². The van der Waals surface area contributed by atoms with Crippen molar-refractivity contribution in [2.24, 2.45) is 0 Å². The number of aromatic nitrogens is 1. The van der Waals surface area contributed by atoms with E-state index in [0.29, 0.717) is 12.5 Å². The Labute approximate surface area is 108 Å². The summed E-state index contributed by atoms with van der Waals surface area (Å²) in [4.78, 5) is 13.8. The maximum absolute atomic E-state index is 11.4. The van der Waals surface area contributed by atoms with Gasteiger partial charge in [-0.25, -0.2) is 0 Å².